The molecule has 0 aromatic heterocycles. The summed E-state index contributed by atoms with van der Waals surface area (Å²) < 4.78 is 9.94. The highest BCUT2D eigenvalue weighted by atomic mass is 16.5. The summed E-state index contributed by atoms with van der Waals surface area (Å²) in [4.78, 5) is 63.3. The lowest BCUT2D eigenvalue weighted by Gasteiger charge is -2.33. The monoisotopic (exact) mass is 585 g/mol. The Morgan fingerprint density at radius 3 is 2.02 bits per heavy atom. The molecule has 1 amide bonds. The van der Waals surface area contributed by atoms with E-state index in [0.29, 0.717) is 16.8 Å². The van der Waals surface area contributed by atoms with Crippen LogP contribution in [0.15, 0.2) is 72.8 Å². The predicted octanol–water partition coefficient (Wildman–Crippen LogP) is 5.42. The first kappa shape index (κ1) is 32.7. The summed E-state index contributed by atoms with van der Waals surface area (Å²) in [6.45, 7) is 10.9. The molecule has 0 bridgehead atoms. The van der Waals surface area contributed by atoms with Gasteiger partial charge in [-0.05, 0) is 76.9 Å². The van der Waals surface area contributed by atoms with Crippen LogP contribution < -0.4 is 5.32 Å². The van der Waals surface area contributed by atoms with Crippen LogP contribution in [0.4, 0.5) is 5.69 Å². The number of phenolic OH excluding ortho intramolecular Hbond substituents is 1. The Morgan fingerprint density at radius 1 is 0.837 bits per heavy atom. The summed E-state index contributed by atoms with van der Waals surface area (Å²) in [7, 11) is 1.20. The lowest BCUT2D eigenvalue weighted by atomic mass is 9.71. The number of ether oxygens (including phenoxy) is 2. The standard InChI is InChI=1S/C34H35NO8/c1-6-43-32(41)34(4,21-33(2,3)31(40)42-5)19-18-28(37)35-25-15-12-23(13-16-25)29(38)24-14-17-26(27(36)20-24)30(39)22-10-8-7-9-11-22/h2,7-17,20,36H,6,18-19,21H2,1,3-5H3,(H,35,37). The van der Waals surface area contributed by atoms with E-state index in [4.69, 9.17) is 16.4 Å². The van der Waals surface area contributed by atoms with E-state index >= 15 is 0 Å². The molecule has 0 saturated carbocycles. The second-order valence-corrected chi connectivity index (χ2v) is 10.7. The summed E-state index contributed by atoms with van der Waals surface area (Å²) >= 11 is 0. The van der Waals surface area contributed by atoms with Crippen molar-refractivity contribution >= 4 is 35.1 Å². The molecule has 3 aromatic carbocycles. The van der Waals surface area contributed by atoms with Gasteiger partial charge in [-0.2, -0.15) is 0 Å². The fraction of sp³-hybridized carbons (Fsp3) is 0.294. The Morgan fingerprint density at radius 2 is 1.44 bits per heavy atom. The zero-order valence-corrected chi connectivity index (χ0v) is 24.6. The van der Waals surface area contributed by atoms with E-state index in [1.54, 1.807) is 56.3 Å². The molecule has 2 atom stereocenters. The third-order valence-electron chi connectivity index (χ3n) is 7.05. The van der Waals surface area contributed by atoms with Gasteiger partial charge in [-0.15, -0.1) is 0 Å². The second-order valence-electron chi connectivity index (χ2n) is 10.7. The van der Waals surface area contributed by atoms with Crippen LogP contribution in [0.3, 0.4) is 0 Å². The van der Waals surface area contributed by atoms with Gasteiger partial charge in [0.1, 0.15) is 5.75 Å². The molecule has 0 aliphatic rings. The number of aromatic hydroxyl groups is 1. The van der Waals surface area contributed by atoms with Crippen molar-refractivity contribution in [3.63, 3.8) is 0 Å². The number of hydrogen-bond donors (Lipinski definition) is 2. The van der Waals surface area contributed by atoms with Crippen molar-refractivity contribution in [2.24, 2.45) is 10.8 Å². The van der Waals surface area contributed by atoms with Crippen LogP contribution in [-0.2, 0) is 23.9 Å². The molecule has 43 heavy (non-hydrogen) atoms. The van der Waals surface area contributed by atoms with Crippen LogP contribution in [0.5, 0.6) is 5.75 Å². The van der Waals surface area contributed by atoms with Crippen LogP contribution in [0.1, 0.15) is 71.9 Å². The number of nitrogens with one attached hydrogen (secondary N) is 1. The Labute approximate surface area is 251 Å². The van der Waals surface area contributed by atoms with Gasteiger partial charge in [0.2, 0.25) is 5.91 Å². The molecule has 224 valence electrons. The Bertz CT molecular complexity index is 1490. The minimum Gasteiger partial charge on any atom is -0.507 e. The van der Waals surface area contributed by atoms with Crippen LogP contribution in [0, 0.1) is 17.8 Å². The number of rotatable bonds is 13. The van der Waals surface area contributed by atoms with E-state index in [2.05, 4.69) is 5.32 Å². The summed E-state index contributed by atoms with van der Waals surface area (Å²) in [6.07, 6.45) is -0.0998. The fourth-order valence-electron chi connectivity index (χ4n) is 4.78. The van der Waals surface area contributed by atoms with Gasteiger partial charge in [0.15, 0.2) is 11.6 Å². The van der Waals surface area contributed by atoms with E-state index in [-0.39, 0.29) is 54.3 Å². The summed E-state index contributed by atoms with van der Waals surface area (Å²) in [5.74, 6) is -2.70. The first-order valence-corrected chi connectivity index (χ1v) is 13.7. The second kappa shape index (κ2) is 13.9. The number of phenols is 1. The zero-order valence-electron chi connectivity index (χ0n) is 24.6. The van der Waals surface area contributed by atoms with Crippen LogP contribution in [-0.4, -0.2) is 48.2 Å². The third-order valence-corrected chi connectivity index (χ3v) is 7.05. The van der Waals surface area contributed by atoms with Crippen LogP contribution in [0.25, 0.3) is 0 Å². The zero-order chi connectivity index (χ0) is 31.8. The van der Waals surface area contributed by atoms with Crippen molar-refractivity contribution in [3.8, 4) is 5.75 Å². The molecule has 0 saturated heterocycles. The minimum absolute atomic E-state index is 0.0598. The Balaban J connectivity index is 1.66. The van der Waals surface area contributed by atoms with E-state index in [9.17, 15) is 29.1 Å². The van der Waals surface area contributed by atoms with Crippen molar-refractivity contribution in [2.45, 2.75) is 40.0 Å². The first-order chi connectivity index (χ1) is 20.3. The van der Waals surface area contributed by atoms with E-state index < -0.39 is 28.7 Å². The number of hydrogen-bond acceptors (Lipinski definition) is 8. The van der Waals surface area contributed by atoms with E-state index in [0.717, 1.165) is 0 Å². The highest BCUT2D eigenvalue weighted by Gasteiger charge is 2.44. The third kappa shape index (κ3) is 8.16. The van der Waals surface area contributed by atoms with E-state index in [1.165, 1.54) is 44.4 Å². The number of methoxy groups -OCH3 is 1. The molecule has 0 fully saturated rings. The number of carbonyl (C=O) groups excluding carboxylic acids is 5. The maximum Gasteiger partial charge on any atom is 0.311 e. The molecule has 9 nitrogen and oxygen atoms in total. The Hall–Kier alpha value is -4.79. The van der Waals surface area contributed by atoms with Crippen LogP contribution in [0.2, 0.25) is 0 Å². The number of amides is 1. The van der Waals surface area contributed by atoms with Gasteiger partial charge >= 0.3 is 11.9 Å². The average molecular weight is 586 g/mol. The molecular weight excluding hydrogens is 550 g/mol. The molecule has 0 spiro atoms. The van der Waals surface area contributed by atoms with Gasteiger partial charge in [-0.1, -0.05) is 36.4 Å². The molecule has 0 aliphatic heterocycles. The summed E-state index contributed by atoms with van der Waals surface area (Å²) in [6, 6.07) is 18.8. The highest BCUT2D eigenvalue weighted by molar-refractivity contribution is 6.13. The van der Waals surface area contributed by atoms with Crippen molar-refractivity contribution in [1.29, 1.82) is 0 Å². The smallest absolute Gasteiger partial charge is 0.311 e. The summed E-state index contributed by atoms with van der Waals surface area (Å²) in [5, 5.41) is 13.2. The lowest BCUT2D eigenvalue weighted by Crippen LogP contribution is -2.39. The number of carbonyl (C=O) groups is 5. The molecule has 0 heterocycles. The topological polar surface area (TPSA) is 136 Å². The molecule has 0 aliphatic carbocycles. The maximum atomic E-state index is 13.0. The van der Waals surface area contributed by atoms with Gasteiger partial charge in [-0.25, -0.2) is 0 Å². The largest absolute Gasteiger partial charge is 0.507 e. The van der Waals surface area contributed by atoms with Crippen LogP contribution >= 0.6 is 0 Å². The molecule has 3 aromatic rings. The van der Waals surface area contributed by atoms with Crippen molar-refractivity contribution in [2.75, 3.05) is 19.0 Å². The quantitative estimate of drug-likeness (QED) is 0.200. The average Bonchev–Trinajstić information content (AvgIpc) is 2.99. The SMILES string of the molecule is [CH]C(C)(CC(C)(CCC(=O)Nc1ccc(C(=O)c2ccc(C(=O)c3ccccc3)c(O)c2)cc1)C(=O)OCC)C(=O)OC. The van der Waals surface area contributed by atoms with Gasteiger partial charge in [0, 0.05) is 28.8 Å². The molecule has 2 radical (unpaired) electrons. The lowest BCUT2D eigenvalue weighted by molar-refractivity contribution is -0.160. The number of benzene rings is 3. The minimum atomic E-state index is -1.47. The van der Waals surface area contributed by atoms with Crippen molar-refractivity contribution < 1.29 is 38.6 Å². The maximum absolute atomic E-state index is 13.0. The van der Waals surface area contributed by atoms with Gasteiger partial charge < -0.3 is 19.9 Å². The van der Waals surface area contributed by atoms with Crippen molar-refractivity contribution in [1.82, 2.24) is 0 Å². The normalized spacial score (nSPS) is 12.5. The van der Waals surface area contributed by atoms with E-state index in [1.807, 2.05) is 0 Å². The van der Waals surface area contributed by atoms with Gasteiger partial charge in [0.05, 0.1) is 30.1 Å². The first-order valence-electron chi connectivity index (χ1n) is 13.7. The molecule has 3 rings (SSSR count). The molecule has 9 heteroatoms. The Kier molecular flexibility index (Phi) is 10.6. The summed E-state index contributed by atoms with van der Waals surface area (Å²) in [5.41, 5.74) is -1.28. The predicted molar refractivity (Wildman–Crippen MR) is 159 cm³/mol. The van der Waals surface area contributed by atoms with Gasteiger partial charge in [-0.3, -0.25) is 24.0 Å². The van der Waals surface area contributed by atoms with Gasteiger partial charge in [0.25, 0.3) is 0 Å². The highest BCUT2D eigenvalue weighted by Crippen LogP contribution is 2.39. The number of anilines is 1. The molecular formula is C34H35NO8. The van der Waals surface area contributed by atoms with Crippen molar-refractivity contribution in [3.05, 3.63) is 102 Å². The molecule has 2 unspecified atom stereocenters. The number of ketones is 2. The fourth-order valence-corrected chi connectivity index (χ4v) is 4.78. The molecule has 2 N–H and O–H groups in total. The number of esters is 2.